The number of hydrogen-bond donors (Lipinski definition) is 0. The molecule has 6 heteroatoms. The summed E-state index contributed by atoms with van der Waals surface area (Å²) in [6.07, 6.45) is 7.07. The van der Waals surface area contributed by atoms with Crippen LogP contribution in [0.5, 0.6) is 11.5 Å². The Kier molecular flexibility index (Phi) is 12.0. The molecule has 6 nitrogen and oxygen atoms in total. The maximum atomic E-state index is 11.8. The van der Waals surface area contributed by atoms with Gasteiger partial charge in [0, 0.05) is 6.61 Å². The molecule has 0 aliphatic heterocycles. The van der Waals surface area contributed by atoms with E-state index in [1.54, 1.807) is 24.3 Å². The summed E-state index contributed by atoms with van der Waals surface area (Å²) in [7, 11) is 0. The molecule has 0 amide bonds. The highest BCUT2D eigenvalue weighted by Gasteiger charge is 2.05. The molecule has 0 heterocycles. The van der Waals surface area contributed by atoms with Gasteiger partial charge in [0.1, 0.15) is 11.5 Å². The molecule has 0 aliphatic rings. The fourth-order valence-electron chi connectivity index (χ4n) is 2.71. The summed E-state index contributed by atoms with van der Waals surface area (Å²) in [6, 6.07) is 14.5. The summed E-state index contributed by atoms with van der Waals surface area (Å²) in [6.45, 7) is 6.10. The quantitative estimate of drug-likeness (QED) is 0.131. The standard InChI is InChI=1S/C25H34N2O4/c1-3-5-7-8-19-30-23-13-9-21(10-14-23)26-27-22-11-15-24(16-12-22)31-25(28)17-20-29-18-6-4-2/h9-16H,3-8,17-20H2,1-2H3/b27-26+. The number of hydrogen-bond acceptors (Lipinski definition) is 6. The van der Waals surface area contributed by atoms with Crippen LogP contribution in [0.3, 0.4) is 0 Å². The fraction of sp³-hybridized carbons (Fsp3) is 0.480. The van der Waals surface area contributed by atoms with Crippen molar-refractivity contribution < 1.29 is 19.0 Å². The Hall–Kier alpha value is -2.73. The number of ether oxygens (including phenoxy) is 3. The van der Waals surface area contributed by atoms with Gasteiger partial charge in [-0.25, -0.2) is 0 Å². The third kappa shape index (κ3) is 10.7. The van der Waals surface area contributed by atoms with E-state index in [4.69, 9.17) is 14.2 Å². The minimum Gasteiger partial charge on any atom is -0.494 e. The third-order valence-electron chi connectivity index (χ3n) is 4.55. The van der Waals surface area contributed by atoms with Gasteiger partial charge < -0.3 is 14.2 Å². The van der Waals surface area contributed by atoms with Crippen LogP contribution in [0.15, 0.2) is 58.8 Å². The third-order valence-corrected chi connectivity index (χ3v) is 4.55. The summed E-state index contributed by atoms with van der Waals surface area (Å²) in [5.74, 6) is 1.02. The predicted octanol–water partition coefficient (Wildman–Crippen LogP) is 7.17. The van der Waals surface area contributed by atoms with Gasteiger partial charge in [0.2, 0.25) is 0 Å². The molecule has 0 spiro atoms. The molecule has 2 rings (SSSR count). The lowest BCUT2D eigenvalue weighted by Gasteiger charge is -2.06. The smallest absolute Gasteiger partial charge is 0.313 e. The van der Waals surface area contributed by atoms with Gasteiger partial charge >= 0.3 is 5.97 Å². The minimum absolute atomic E-state index is 0.240. The Morgan fingerprint density at radius 3 is 1.94 bits per heavy atom. The molecule has 0 saturated heterocycles. The Labute approximate surface area is 185 Å². The van der Waals surface area contributed by atoms with E-state index in [0.29, 0.717) is 24.7 Å². The van der Waals surface area contributed by atoms with Gasteiger partial charge in [0.15, 0.2) is 0 Å². The van der Waals surface area contributed by atoms with Crippen molar-refractivity contribution in [3.05, 3.63) is 48.5 Å². The summed E-state index contributed by atoms with van der Waals surface area (Å²) >= 11 is 0. The molecule has 168 valence electrons. The molecule has 2 aromatic rings. The van der Waals surface area contributed by atoms with Crippen molar-refractivity contribution in [2.24, 2.45) is 10.2 Å². The van der Waals surface area contributed by atoms with E-state index in [9.17, 15) is 4.79 Å². The zero-order chi connectivity index (χ0) is 22.2. The summed E-state index contributed by atoms with van der Waals surface area (Å²) < 4.78 is 16.4. The van der Waals surface area contributed by atoms with Crippen molar-refractivity contribution in [1.82, 2.24) is 0 Å². The number of unbranched alkanes of at least 4 members (excludes halogenated alkanes) is 4. The monoisotopic (exact) mass is 426 g/mol. The molecule has 0 atom stereocenters. The van der Waals surface area contributed by atoms with Crippen LogP contribution in [0, 0.1) is 0 Å². The number of nitrogens with zero attached hydrogens (tertiary/aromatic N) is 2. The van der Waals surface area contributed by atoms with Crippen molar-refractivity contribution in [1.29, 1.82) is 0 Å². The lowest BCUT2D eigenvalue weighted by molar-refractivity contribution is -0.135. The van der Waals surface area contributed by atoms with E-state index in [1.807, 2.05) is 24.3 Å². The van der Waals surface area contributed by atoms with Crippen LogP contribution in [-0.2, 0) is 9.53 Å². The first kappa shape index (κ1) is 24.5. The average Bonchev–Trinajstić information content (AvgIpc) is 2.79. The van der Waals surface area contributed by atoms with Crippen LogP contribution >= 0.6 is 0 Å². The number of azo groups is 1. The SMILES string of the molecule is CCCCCCOc1ccc(/N=N/c2ccc(OC(=O)CCOCCCC)cc2)cc1. The minimum atomic E-state index is -0.307. The number of benzene rings is 2. The molecule has 0 bridgehead atoms. The van der Waals surface area contributed by atoms with E-state index < -0.39 is 0 Å². The second kappa shape index (κ2) is 15.1. The van der Waals surface area contributed by atoms with E-state index in [1.165, 1.54) is 19.3 Å². The Balaban J connectivity index is 1.73. The van der Waals surface area contributed by atoms with Gasteiger partial charge in [0.05, 0.1) is 31.0 Å². The highest BCUT2D eigenvalue weighted by molar-refractivity contribution is 5.72. The van der Waals surface area contributed by atoms with Crippen molar-refractivity contribution in [3.63, 3.8) is 0 Å². The second-order valence-electron chi connectivity index (χ2n) is 7.29. The number of carbonyl (C=O) groups excluding carboxylic acids is 1. The molecule has 0 radical (unpaired) electrons. The number of esters is 1. The van der Waals surface area contributed by atoms with Crippen LogP contribution in [0.1, 0.15) is 58.8 Å². The van der Waals surface area contributed by atoms with Crippen LogP contribution < -0.4 is 9.47 Å². The van der Waals surface area contributed by atoms with Crippen LogP contribution in [0.4, 0.5) is 11.4 Å². The predicted molar refractivity (Wildman–Crippen MR) is 123 cm³/mol. The fourth-order valence-corrected chi connectivity index (χ4v) is 2.71. The first-order valence-corrected chi connectivity index (χ1v) is 11.2. The first-order valence-electron chi connectivity index (χ1n) is 11.2. The molecule has 31 heavy (non-hydrogen) atoms. The Morgan fingerprint density at radius 1 is 0.710 bits per heavy atom. The van der Waals surface area contributed by atoms with E-state index in [2.05, 4.69) is 24.1 Å². The topological polar surface area (TPSA) is 69.5 Å². The molecule has 0 aromatic heterocycles. The molecular formula is C25H34N2O4. The van der Waals surface area contributed by atoms with Gasteiger partial charge in [-0.1, -0.05) is 39.5 Å². The molecule has 0 N–H and O–H groups in total. The van der Waals surface area contributed by atoms with Crippen molar-refractivity contribution in [3.8, 4) is 11.5 Å². The van der Waals surface area contributed by atoms with Crippen molar-refractivity contribution in [2.75, 3.05) is 19.8 Å². The first-order chi connectivity index (χ1) is 15.2. The van der Waals surface area contributed by atoms with E-state index in [0.717, 1.165) is 37.3 Å². The lowest BCUT2D eigenvalue weighted by atomic mass is 10.2. The molecular weight excluding hydrogens is 392 g/mol. The summed E-state index contributed by atoms with van der Waals surface area (Å²) in [5.41, 5.74) is 1.43. The maximum absolute atomic E-state index is 11.8. The van der Waals surface area contributed by atoms with Crippen LogP contribution in [0.2, 0.25) is 0 Å². The lowest BCUT2D eigenvalue weighted by Crippen LogP contribution is -2.11. The van der Waals surface area contributed by atoms with Gasteiger partial charge in [0.25, 0.3) is 0 Å². The number of rotatable bonds is 15. The van der Waals surface area contributed by atoms with Gasteiger partial charge in [-0.2, -0.15) is 10.2 Å². The van der Waals surface area contributed by atoms with Crippen LogP contribution in [0.25, 0.3) is 0 Å². The van der Waals surface area contributed by atoms with Crippen molar-refractivity contribution >= 4 is 17.3 Å². The molecule has 0 fully saturated rings. The van der Waals surface area contributed by atoms with E-state index >= 15 is 0 Å². The zero-order valence-electron chi connectivity index (χ0n) is 18.7. The highest BCUT2D eigenvalue weighted by atomic mass is 16.5. The van der Waals surface area contributed by atoms with Crippen molar-refractivity contribution in [2.45, 2.75) is 58.8 Å². The van der Waals surface area contributed by atoms with Gasteiger partial charge in [-0.05, 0) is 61.4 Å². The molecule has 0 aliphatic carbocycles. The summed E-state index contributed by atoms with van der Waals surface area (Å²) in [4.78, 5) is 11.8. The molecule has 2 aromatic carbocycles. The maximum Gasteiger partial charge on any atom is 0.313 e. The Morgan fingerprint density at radius 2 is 1.32 bits per heavy atom. The van der Waals surface area contributed by atoms with E-state index in [-0.39, 0.29) is 12.4 Å². The summed E-state index contributed by atoms with van der Waals surface area (Å²) in [5, 5.41) is 8.46. The van der Waals surface area contributed by atoms with Crippen LogP contribution in [-0.4, -0.2) is 25.8 Å². The Bertz CT molecular complexity index is 773. The largest absolute Gasteiger partial charge is 0.494 e. The zero-order valence-corrected chi connectivity index (χ0v) is 18.7. The normalized spacial score (nSPS) is 11.0. The van der Waals surface area contributed by atoms with Gasteiger partial charge in [-0.3, -0.25) is 4.79 Å². The molecule has 0 saturated carbocycles. The average molecular weight is 427 g/mol. The number of carbonyl (C=O) groups is 1. The van der Waals surface area contributed by atoms with Gasteiger partial charge in [-0.15, -0.1) is 0 Å². The molecule has 0 unspecified atom stereocenters. The second-order valence-corrected chi connectivity index (χ2v) is 7.29. The highest BCUT2D eigenvalue weighted by Crippen LogP contribution is 2.23.